The number of nitrogens with zero attached hydrogens (tertiary/aromatic N) is 1. The molecule has 1 heterocycles. The number of sulfonamides is 1. The summed E-state index contributed by atoms with van der Waals surface area (Å²) >= 11 is 7.13. The Morgan fingerprint density at radius 1 is 1.16 bits per heavy atom. The van der Waals surface area contributed by atoms with Crippen molar-refractivity contribution in [2.45, 2.75) is 28.8 Å². The summed E-state index contributed by atoms with van der Waals surface area (Å²) in [5.74, 6) is -0.596. The van der Waals surface area contributed by atoms with Crippen molar-refractivity contribution in [3.63, 3.8) is 0 Å². The van der Waals surface area contributed by atoms with E-state index in [1.54, 1.807) is 17.8 Å². The van der Waals surface area contributed by atoms with E-state index in [0.717, 1.165) is 21.3 Å². The Bertz CT molecular complexity index is 1070. The van der Waals surface area contributed by atoms with E-state index in [1.807, 2.05) is 24.5 Å². The second-order valence-corrected chi connectivity index (χ2v) is 10.3. The van der Waals surface area contributed by atoms with Gasteiger partial charge in [-0.1, -0.05) is 17.7 Å². The first-order valence-electron chi connectivity index (χ1n) is 9.34. The maximum Gasteiger partial charge on any atom is 0.417 e. The fourth-order valence-electron chi connectivity index (χ4n) is 3.33. The number of benzene rings is 2. The standard InChI is InChI=1S/C20H20ClF3N2O3S2/c1-30-15-4-2-3-14(11-15)25-19(27)13-7-9-26(10-8-13)31(28,29)16-5-6-18(21)17(12-16)20(22,23)24/h2-6,11-13H,7-10H2,1H3,(H,25,27). The molecule has 0 spiro atoms. The molecule has 0 bridgehead atoms. The summed E-state index contributed by atoms with van der Waals surface area (Å²) < 4.78 is 66.0. The molecule has 168 valence electrons. The number of nitrogens with one attached hydrogen (secondary N) is 1. The molecule has 1 amide bonds. The fraction of sp³-hybridized carbons (Fsp3) is 0.350. The molecule has 3 rings (SSSR count). The minimum atomic E-state index is -4.76. The Hall–Kier alpha value is -1.75. The Morgan fingerprint density at radius 3 is 2.45 bits per heavy atom. The first-order chi connectivity index (χ1) is 14.5. The molecule has 0 unspecified atom stereocenters. The van der Waals surface area contributed by atoms with Crippen LogP contribution in [0.3, 0.4) is 0 Å². The zero-order valence-corrected chi connectivity index (χ0v) is 18.8. The van der Waals surface area contributed by atoms with E-state index in [1.165, 1.54) is 0 Å². The van der Waals surface area contributed by atoms with E-state index in [4.69, 9.17) is 11.6 Å². The lowest BCUT2D eigenvalue weighted by Crippen LogP contribution is -2.41. The van der Waals surface area contributed by atoms with E-state index >= 15 is 0 Å². The highest BCUT2D eigenvalue weighted by molar-refractivity contribution is 7.98. The number of hydrogen-bond acceptors (Lipinski definition) is 4. The van der Waals surface area contributed by atoms with Crippen LogP contribution in [0.4, 0.5) is 18.9 Å². The molecular formula is C20H20ClF3N2O3S2. The molecule has 11 heteroatoms. The topological polar surface area (TPSA) is 66.5 Å². The molecule has 2 aromatic carbocycles. The van der Waals surface area contributed by atoms with Gasteiger partial charge in [0.05, 0.1) is 15.5 Å². The van der Waals surface area contributed by atoms with Crippen LogP contribution in [0.15, 0.2) is 52.3 Å². The first kappa shape index (κ1) is 23.9. The van der Waals surface area contributed by atoms with Gasteiger partial charge in [-0.3, -0.25) is 4.79 Å². The van der Waals surface area contributed by atoms with Gasteiger partial charge in [-0.25, -0.2) is 8.42 Å². The van der Waals surface area contributed by atoms with Gasteiger partial charge in [0.2, 0.25) is 15.9 Å². The summed E-state index contributed by atoms with van der Waals surface area (Å²) in [4.78, 5) is 13.1. The first-order valence-corrected chi connectivity index (χ1v) is 12.4. The second kappa shape index (κ2) is 9.40. The maximum atomic E-state index is 13.1. The van der Waals surface area contributed by atoms with Gasteiger partial charge >= 0.3 is 6.18 Å². The van der Waals surface area contributed by atoms with Crippen LogP contribution >= 0.6 is 23.4 Å². The average molecular weight is 493 g/mol. The number of halogens is 4. The van der Waals surface area contributed by atoms with Crippen LogP contribution in [0.1, 0.15) is 18.4 Å². The van der Waals surface area contributed by atoms with Crippen molar-refractivity contribution in [3.8, 4) is 0 Å². The van der Waals surface area contributed by atoms with Crippen molar-refractivity contribution in [3.05, 3.63) is 53.1 Å². The molecule has 1 saturated heterocycles. The highest BCUT2D eigenvalue weighted by Crippen LogP contribution is 2.37. The summed E-state index contributed by atoms with van der Waals surface area (Å²) in [5, 5.41) is 2.28. The largest absolute Gasteiger partial charge is 0.417 e. The van der Waals surface area contributed by atoms with Crippen LogP contribution in [0.2, 0.25) is 5.02 Å². The van der Waals surface area contributed by atoms with Gasteiger partial charge in [0.25, 0.3) is 0 Å². The predicted octanol–water partition coefficient (Wildman–Crippen LogP) is 5.12. The van der Waals surface area contributed by atoms with Crippen molar-refractivity contribution in [2.75, 3.05) is 24.7 Å². The molecule has 1 aliphatic rings. The molecule has 0 aliphatic carbocycles. The summed E-state index contributed by atoms with van der Waals surface area (Å²) in [7, 11) is -4.14. The Morgan fingerprint density at radius 2 is 1.84 bits per heavy atom. The molecule has 1 fully saturated rings. The van der Waals surface area contributed by atoms with Gasteiger partial charge in [0, 0.05) is 29.6 Å². The number of alkyl halides is 3. The number of piperidine rings is 1. The van der Waals surface area contributed by atoms with E-state index in [2.05, 4.69) is 5.32 Å². The smallest absolute Gasteiger partial charge is 0.326 e. The molecule has 0 aromatic heterocycles. The normalized spacial score (nSPS) is 16.3. The minimum Gasteiger partial charge on any atom is -0.326 e. The quantitative estimate of drug-likeness (QED) is 0.588. The molecule has 0 saturated carbocycles. The van der Waals surface area contributed by atoms with Crippen LogP contribution in [-0.4, -0.2) is 38.0 Å². The number of rotatable bonds is 5. The molecular weight excluding hydrogens is 473 g/mol. The van der Waals surface area contributed by atoms with Gasteiger partial charge in [-0.05, 0) is 55.5 Å². The SMILES string of the molecule is CSc1cccc(NC(=O)C2CCN(S(=O)(=O)c3ccc(Cl)c(C(F)(F)F)c3)CC2)c1. The van der Waals surface area contributed by atoms with Crippen LogP contribution in [-0.2, 0) is 21.0 Å². The van der Waals surface area contributed by atoms with Crippen molar-refractivity contribution in [2.24, 2.45) is 5.92 Å². The molecule has 31 heavy (non-hydrogen) atoms. The maximum absolute atomic E-state index is 13.1. The zero-order chi connectivity index (χ0) is 22.8. The monoisotopic (exact) mass is 492 g/mol. The van der Waals surface area contributed by atoms with Crippen LogP contribution in [0.5, 0.6) is 0 Å². The van der Waals surface area contributed by atoms with Gasteiger partial charge in [-0.15, -0.1) is 11.8 Å². The second-order valence-electron chi connectivity index (χ2n) is 7.04. The summed E-state index contributed by atoms with van der Waals surface area (Å²) in [6.45, 7) is 0.0739. The van der Waals surface area contributed by atoms with Crippen LogP contribution in [0.25, 0.3) is 0 Å². The third kappa shape index (κ3) is 5.54. The fourth-order valence-corrected chi connectivity index (χ4v) is 5.52. The van der Waals surface area contributed by atoms with Crippen molar-refractivity contribution >= 4 is 45.0 Å². The number of thioether (sulfide) groups is 1. The van der Waals surface area contributed by atoms with Crippen molar-refractivity contribution < 1.29 is 26.4 Å². The highest BCUT2D eigenvalue weighted by Gasteiger charge is 2.37. The van der Waals surface area contributed by atoms with E-state index < -0.39 is 31.7 Å². The lowest BCUT2D eigenvalue weighted by atomic mass is 9.97. The molecule has 5 nitrogen and oxygen atoms in total. The zero-order valence-electron chi connectivity index (χ0n) is 16.4. The third-order valence-corrected chi connectivity index (χ3v) is 7.99. The lowest BCUT2D eigenvalue weighted by Gasteiger charge is -2.30. The molecule has 2 aromatic rings. The Kier molecular flexibility index (Phi) is 7.25. The Balaban J connectivity index is 1.68. The van der Waals surface area contributed by atoms with Gasteiger partial charge in [-0.2, -0.15) is 17.5 Å². The van der Waals surface area contributed by atoms with E-state index in [-0.39, 0.29) is 37.8 Å². The highest BCUT2D eigenvalue weighted by atomic mass is 35.5. The number of carbonyl (C=O) groups is 1. The van der Waals surface area contributed by atoms with Gasteiger partial charge in [0.1, 0.15) is 0 Å². The molecule has 0 radical (unpaired) electrons. The predicted molar refractivity (Wildman–Crippen MR) is 115 cm³/mol. The lowest BCUT2D eigenvalue weighted by molar-refractivity contribution is -0.137. The summed E-state index contributed by atoms with van der Waals surface area (Å²) in [5.41, 5.74) is -0.537. The van der Waals surface area contributed by atoms with Crippen molar-refractivity contribution in [1.82, 2.24) is 4.31 Å². The average Bonchev–Trinajstić information content (AvgIpc) is 2.73. The van der Waals surface area contributed by atoms with E-state index in [0.29, 0.717) is 11.8 Å². The van der Waals surface area contributed by atoms with Crippen LogP contribution < -0.4 is 5.32 Å². The molecule has 1 aliphatic heterocycles. The Labute approximate surface area is 188 Å². The number of carbonyl (C=O) groups excluding carboxylic acids is 1. The number of anilines is 1. The minimum absolute atomic E-state index is 0.0370. The molecule has 0 atom stereocenters. The number of hydrogen-bond donors (Lipinski definition) is 1. The van der Waals surface area contributed by atoms with E-state index in [9.17, 15) is 26.4 Å². The van der Waals surface area contributed by atoms with Gasteiger partial charge in [0.15, 0.2) is 0 Å². The number of amides is 1. The summed E-state index contributed by atoms with van der Waals surface area (Å²) in [6.07, 6.45) is -2.29. The third-order valence-electron chi connectivity index (χ3n) is 5.04. The summed E-state index contributed by atoms with van der Waals surface area (Å²) in [6, 6.07) is 9.92. The van der Waals surface area contributed by atoms with Gasteiger partial charge < -0.3 is 5.32 Å². The van der Waals surface area contributed by atoms with Crippen molar-refractivity contribution in [1.29, 1.82) is 0 Å². The van der Waals surface area contributed by atoms with Crippen LogP contribution in [0, 0.1) is 5.92 Å². The molecule has 1 N–H and O–H groups in total.